The van der Waals surface area contributed by atoms with Crippen LogP contribution in [0.4, 0.5) is 0 Å². The van der Waals surface area contributed by atoms with Crippen molar-refractivity contribution in [2.75, 3.05) is 26.3 Å². The van der Waals surface area contributed by atoms with Gasteiger partial charge in [0.2, 0.25) is 0 Å². The molecule has 1 aliphatic heterocycles. The molecule has 0 unspecified atom stereocenters. The molecular weight excluding hydrogens is 325 g/mol. The van der Waals surface area contributed by atoms with E-state index in [9.17, 15) is 8.42 Å². The number of nitrogens with zero attached hydrogens (tertiary/aromatic N) is 1. The van der Waals surface area contributed by atoms with Crippen molar-refractivity contribution < 1.29 is 13.2 Å². The highest BCUT2D eigenvalue weighted by Crippen LogP contribution is 2.30. The minimum absolute atomic E-state index is 0.0319. The molecule has 1 heterocycles. The van der Waals surface area contributed by atoms with Crippen LogP contribution in [0.2, 0.25) is 10.0 Å². The number of nitrogens with two attached hydrogens (primary N) is 1. The van der Waals surface area contributed by atoms with Gasteiger partial charge in [0.1, 0.15) is 4.90 Å². The zero-order valence-electron chi connectivity index (χ0n) is 10.6. The molecule has 112 valence electrons. The van der Waals surface area contributed by atoms with E-state index < -0.39 is 10.0 Å². The van der Waals surface area contributed by atoms with Gasteiger partial charge in [-0.1, -0.05) is 23.2 Å². The second-order valence-electron chi connectivity index (χ2n) is 4.24. The summed E-state index contributed by atoms with van der Waals surface area (Å²) >= 11 is 12.0. The van der Waals surface area contributed by atoms with E-state index in [1.165, 1.54) is 12.1 Å². The number of nitrogens with one attached hydrogen (secondary N) is 1. The van der Waals surface area contributed by atoms with E-state index in [0.717, 1.165) is 0 Å². The van der Waals surface area contributed by atoms with E-state index in [4.69, 9.17) is 33.7 Å². The molecule has 20 heavy (non-hydrogen) atoms. The number of halogens is 2. The first-order chi connectivity index (χ1) is 9.45. The molecule has 1 aliphatic rings. The Kier molecular flexibility index (Phi) is 5.25. The smallest absolute Gasteiger partial charge is 0.254 e. The fourth-order valence-corrected chi connectivity index (χ4v) is 3.90. The average Bonchev–Trinajstić information content (AvgIpc) is 2.39. The van der Waals surface area contributed by atoms with Gasteiger partial charge in [-0.15, -0.1) is 4.83 Å². The van der Waals surface area contributed by atoms with Crippen molar-refractivity contribution in [1.82, 2.24) is 9.84 Å². The third-order valence-electron chi connectivity index (χ3n) is 2.90. The Hall–Kier alpha value is -0.410. The maximum atomic E-state index is 12.3. The average molecular weight is 340 g/mol. The van der Waals surface area contributed by atoms with E-state index in [1.807, 2.05) is 0 Å². The third-order valence-corrected chi connectivity index (χ3v) is 5.22. The van der Waals surface area contributed by atoms with Gasteiger partial charge in [-0.05, 0) is 12.1 Å². The Balaban J connectivity index is 2.29. The summed E-state index contributed by atoms with van der Waals surface area (Å²) in [7, 11) is -3.77. The highest BCUT2D eigenvalue weighted by molar-refractivity contribution is 7.89. The molecule has 0 amide bonds. The molecule has 0 aliphatic carbocycles. The summed E-state index contributed by atoms with van der Waals surface area (Å²) in [4.78, 5) is 2.45. The molecule has 3 N–H and O–H groups in total. The van der Waals surface area contributed by atoms with Crippen molar-refractivity contribution >= 4 is 33.2 Å². The SMILES string of the molecule is NCc1c(Cl)ccc(S(=O)(=O)NN2CCOCC2)c1Cl. The van der Waals surface area contributed by atoms with Crippen molar-refractivity contribution in [3.63, 3.8) is 0 Å². The number of sulfonamides is 1. The largest absolute Gasteiger partial charge is 0.379 e. The molecule has 1 saturated heterocycles. The minimum atomic E-state index is -3.77. The van der Waals surface area contributed by atoms with E-state index in [-0.39, 0.29) is 16.5 Å². The van der Waals surface area contributed by atoms with Crippen LogP contribution < -0.4 is 10.6 Å². The van der Waals surface area contributed by atoms with Crippen LogP contribution in [0, 0.1) is 0 Å². The molecule has 1 aromatic carbocycles. The number of hydrogen-bond donors (Lipinski definition) is 2. The van der Waals surface area contributed by atoms with E-state index >= 15 is 0 Å². The van der Waals surface area contributed by atoms with Crippen LogP contribution in [0.15, 0.2) is 17.0 Å². The Morgan fingerprint density at radius 1 is 1.30 bits per heavy atom. The highest BCUT2D eigenvalue weighted by Gasteiger charge is 2.24. The van der Waals surface area contributed by atoms with Gasteiger partial charge in [-0.3, -0.25) is 0 Å². The van der Waals surface area contributed by atoms with Crippen molar-refractivity contribution in [3.8, 4) is 0 Å². The fourth-order valence-electron chi connectivity index (χ4n) is 1.84. The lowest BCUT2D eigenvalue weighted by molar-refractivity contribution is 0.0272. The molecule has 0 saturated carbocycles. The zero-order valence-corrected chi connectivity index (χ0v) is 12.9. The third kappa shape index (κ3) is 3.43. The number of benzene rings is 1. The summed E-state index contributed by atoms with van der Waals surface area (Å²) in [6, 6.07) is 2.84. The molecule has 6 nitrogen and oxygen atoms in total. The van der Waals surface area contributed by atoms with E-state index in [2.05, 4.69) is 4.83 Å². The Morgan fingerprint density at radius 2 is 1.95 bits per heavy atom. The van der Waals surface area contributed by atoms with Crippen LogP contribution in [0.3, 0.4) is 0 Å². The van der Waals surface area contributed by atoms with Gasteiger partial charge in [-0.2, -0.15) is 0 Å². The first-order valence-corrected chi connectivity index (χ1v) is 8.21. The normalized spacial score (nSPS) is 17.4. The number of morpholine rings is 1. The van der Waals surface area contributed by atoms with Gasteiger partial charge in [-0.25, -0.2) is 13.4 Å². The van der Waals surface area contributed by atoms with Gasteiger partial charge in [0.15, 0.2) is 0 Å². The summed E-state index contributed by atoms with van der Waals surface area (Å²) in [6.45, 7) is 1.98. The lowest BCUT2D eigenvalue weighted by Crippen LogP contribution is -2.48. The second kappa shape index (κ2) is 6.57. The van der Waals surface area contributed by atoms with Crippen molar-refractivity contribution in [3.05, 3.63) is 27.7 Å². The van der Waals surface area contributed by atoms with Crippen LogP contribution in [0.25, 0.3) is 0 Å². The fraction of sp³-hybridized carbons (Fsp3) is 0.455. The van der Waals surface area contributed by atoms with Crippen LogP contribution in [0.5, 0.6) is 0 Å². The van der Waals surface area contributed by atoms with Crippen molar-refractivity contribution in [1.29, 1.82) is 0 Å². The Morgan fingerprint density at radius 3 is 2.55 bits per heavy atom. The molecule has 2 rings (SSSR count). The number of rotatable bonds is 4. The maximum Gasteiger partial charge on any atom is 0.254 e. The van der Waals surface area contributed by atoms with Crippen LogP contribution in [-0.4, -0.2) is 39.7 Å². The van der Waals surface area contributed by atoms with E-state index in [1.54, 1.807) is 5.01 Å². The van der Waals surface area contributed by atoms with Gasteiger partial charge in [0.25, 0.3) is 10.0 Å². The van der Waals surface area contributed by atoms with Gasteiger partial charge in [0.05, 0.1) is 18.2 Å². The van der Waals surface area contributed by atoms with Crippen molar-refractivity contribution in [2.24, 2.45) is 5.73 Å². The quantitative estimate of drug-likeness (QED) is 0.854. The first kappa shape index (κ1) is 16.0. The predicted octanol–water partition coefficient (Wildman–Crippen LogP) is 0.978. The molecule has 0 radical (unpaired) electrons. The van der Waals surface area contributed by atoms with Gasteiger partial charge >= 0.3 is 0 Å². The van der Waals surface area contributed by atoms with Crippen molar-refractivity contribution in [2.45, 2.75) is 11.4 Å². The van der Waals surface area contributed by atoms with E-state index in [0.29, 0.717) is 36.9 Å². The lowest BCUT2D eigenvalue weighted by Gasteiger charge is -2.27. The van der Waals surface area contributed by atoms with Crippen LogP contribution in [0.1, 0.15) is 5.56 Å². The molecule has 1 aromatic rings. The van der Waals surface area contributed by atoms with Gasteiger partial charge in [0, 0.05) is 30.2 Å². The van der Waals surface area contributed by atoms with Crippen LogP contribution in [-0.2, 0) is 21.3 Å². The highest BCUT2D eigenvalue weighted by atomic mass is 35.5. The summed E-state index contributed by atoms with van der Waals surface area (Å²) in [6.07, 6.45) is 0. The summed E-state index contributed by atoms with van der Waals surface area (Å²) < 4.78 is 29.8. The molecule has 0 aromatic heterocycles. The summed E-state index contributed by atoms with van der Waals surface area (Å²) in [5.41, 5.74) is 5.95. The summed E-state index contributed by atoms with van der Waals surface area (Å²) in [5, 5.41) is 1.98. The first-order valence-electron chi connectivity index (χ1n) is 5.98. The Bertz CT molecular complexity index is 589. The molecule has 0 spiro atoms. The molecule has 0 bridgehead atoms. The second-order valence-corrected chi connectivity index (χ2v) is 6.65. The summed E-state index contributed by atoms with van der Waals surface area (Å²) in [5.74, 6) is 0. The Labute approximate surface area is 127 Å². The molecule has 9 heteroatoms. The standard InChI is InChI=1S/C11H15Cl2N3O3S/c12-9-1-2-10(11(13)8(9)7-14)20(17,18)15-16-3-5-19-6-4-16/h1-2,15H,3-7,14H2. The topological polar surface area (TPSA) is 84.7 Å². The molecule has 1 fully saturated rings. The van der Waals surface area contributed by atoms with Gasteiger partial charge < -0.3 is 10.5 Å². The number of hydrogen-bond acceptors (Lipinski definition) is 5. The monoisotopic (exact) mass is 339 g/mol. The predicted molar refractivity (Wildman–Crippen MR) is 77.1 cm³/mol. The maximum absolute atomic E-state index is 12.3. The molecular formula is C11H15Cl2N3O3S. The number of ether oxygens (including phenoxy) is 1. The van der Waals surface area contributed by atoms with Crippen LogP contribution >= 0.6 is 23.2 Å². The lowest BCUT2D eigenvalue weighted by atomic mass is 10.2. The number of hydrazine groups is 1. The molecule has 0 atom stereocenters. The zero-order chi connectivity index (χ0) is 14.8. The minimum Gasteiger partial charge on any atom is -0.379 e.